The number of aryl methyl sites for hydroxylation is 1. The highest BCUT2D eigenvalue weighted by Gasteiger charge is 2.22. The maximum atomic E-state index is 12.6. The Labute approximate surface area is 163 Å². The number of hydrogen-bond donors (Lipinski definition) is 1. The smallest absolute Gasteiger partial charge is 0.323 e. The number of rotatable bonds is 3. The summed E-state index contributed by atoms with van der Waals surface area (Å²) in [5.41, 5.74) is 4.43. The van der Waals surface area contributed by atoms with Crippen LogP contribution in [0.5, 0.6) is 0 Å². The van der Waals surface area contributed by atoms with Gasteiger partial charge in [0.1, 0.15) is 0 Å². The van der Waals surface area contributed by atoms with Crippen molar-refractivity contribution in [2.75, 3.05) is 36.4 Å². The van der Waals surface area contributed by atoms with Crippen molar-refractivity contribution < 1.29 is 4.79 Å². The third-order valence-electron chi connectivity index (χ3n) is 4.72. The van der Waals surface area contributed by atoms with Gasteiger partial charge in [0.15, 0.2) is 5.13 Å². The molecule has 0 atom stereocenters. The predicted molar refractivity (Wildman–Crippen MR) is 112 cm³/mol. The first-order valence-corrected chi connectivity index (χ1v) is 9.95. The first-order valence-electron chi connectivity index (χ1n) is 9.07. The number of anilines is 2. The predicted octanol–water partition coefficient (Wildman–Crippen LogP) is 4.47. The van der Waals surface area contributed by atoms with E-state index in [1.54, 1.807) is 0 Å². The summed E-state index contributed by atoms with van der Waals surface area (Å²) in [6.45, 7) is 5.19. The molecule has 0 bridgehead atoms. The second-order valence-corrected chi connectivity index (χ2v) is 7.51. The number of piperazine rings is 1. The van der Waals surface area contributed by atoms with Crippen molar-refractivity contribution in [2.24, 2.45) is 0 Å². The molecule has 138 valence electrons. The number of aromatic nitrogens is 1. The van der Waals surface area contributed by atoms with Crippen LogP contribution in [0.4, 0.5) is 15.6 Å². The van der Waals surface area contributed by atoms with Crippen molar-refractivity contribution in [1.82, 2.24) is 9.88 Å². The zero-order chi connectivity index (χ0) is 18.6. The lowest BCUT2D eigenvalue weighted by atomic mass is 10.2. The van der Waals surface area contributed by atoms with E-state index in [2.05, 4.69) is 46.4 Å². The van der Waals surface area contributed by atoms with E-state index in [1.807, 2.05) is 40.6 Å². The van der Waals surface area contributed by atoms with Gasteiger partial charge >= 0.3 is 6.03 Å². The van der Waals surface area contributed by atoms with Gasteiger partial charge in [-0.3, -0.25) is 5.32 Å². The molecule has 1 N–H and O–H groups in total. The monoisotopic (exact) mass is 378 g/mol. The van der Waals surface area contributed by atoms with Gasteiger partial charge < -0.3 is 9.80 Å². The maximum Gasteiger partial charge on any atom is 0.323 e. The van der Waals surface area contributed by atoms with Crippen LogP contribution >= 0.6 is 11.3 Å². The van der Waals surface area contributed by atoms with E-state index in [0.29, 0.717) is 18.2 Å². The molecule has 1 fully saturated rings. The van der Waals surface area contributed by atoms with Crippen LogP contribution in [0, 0.1) is 6.92 Å². The van der Waals surface area contributed by atoms with Gasteiger partial charge in [-0.15, -0.1) is 11.3 Å². The van der Waals surface area contributed by atoms with Gasteiger partial charge in [-0.1, -0.05) is 42.5 Å². The lowest BCUT2D eigenvalue weighted by Crippen LogP contribution is -2.50. The van der Waals surface area contributed by atoms with E-state index >= 15 is 0 Å². The number of nitrogens with one attached hydrogen (secondary N) is 1. The molecular formula is C21H22N4OS. The summed E-state index contributed by atoms with van der Waals surface area (Å²) < 4.78 is 0. The molecule has 1 aromatic heterocycles. The van der Waals surface area contributed by atoms with E-state index in [9.17, 15) is 4.79 Å². The molecular weight excluding hydrogens is 356 g/mol. The number of benzene rings is 2. The fraction of sp³-hybridized carbons (Fsp3) is 0.238. The Balaban J connectivity index is 1.34. The number of amides is 2. The van der Waals surface area contributed by atoms with Crippen LogP contribution in [0.15, 0.2) is 60.0 Å². The van der Waals surface area contributed by atoms with Gasteiger partial charge in [-0.2, -0.15) is 0 Å². The molecule has 1 aliphatic rings. The Morgan fingerprint density at radius 1 is 1.04 bits per heavy atom. The first kappa shape index (κ1) is 17.5. The third kappa shape index (κ3) is 4.11. The van der Waals surface area contributed by atoms with E-state index in [4.69, 9.17) is 0 Å². The summed E-state index contributed by atoms with van der Waals surface area (Å²) in [7, 11) is 0. The van der Waals surface area contributed by atoms with E-state index in [-0.39, 0.29) is 6.03 Å². The summed E-state index contributed by atoms with van der Waals surface area (Å²) in [5, 5.41) is 5.55. The lowest BCUT2D eigenvalue weighted by molar-refractivity contribution is 0.208. The molecule has 2 amide bonds. The zero-order valence-corrected chi connectivity index (χ0v) is 16.1. The topological polar surface area (TPSA) is 48.5 Å². The van der Waals surface area contributed by atoms with E-state index in [0.717, 1.165) is 24.3 Å². The Morgan fingerprint density at radius 3 is 2.56 bits per heavy atom. The number of thiazole rings is 1. The maximum absolute atomic E-state index is 12.6. The van der Waals surface area contributed by atoms with E-state index in [1.165, 1.54) is 22.6 Å². The van der Waals surface area contributed by atoms with Crippen molar-refractivity contribution in [2.45, 2.75) is 6.92 Å². The summed E-state index contributed by atoms with van der Waals surface area (Å²) in [5.74, 6) is 0. The fourth-order valence-electron chi connectivity index (χ4n) is 3.24. The minimum Gasteiger partial charge on any atom is -0.368 e. The Bertz CT molecular complexity index is 917. The van der Waals surface area contributed by atoms with Gasteiger partial charge in [0, 0.05) is 42.8 Å². The van der Waals surface area contributed by atoms with Crippen molar-refractivity contribution in [1.29, 1.82) is 0 Å². The standard InChI is InChI=1S/C21H22N4OS/c1-16-6-5-9-18(14-16)24-10-12-25(13-11-24)21(26)23-20-22-19(15-27-20)17-7-3-2-4-8-17/h2-9,14-15H,10-13H2,1H3,(H,22,23,26). The highest BCUT2D eigenvalue weighted by molar-refractivity contribution is 7.14. The Kier molecular flexibility index (Phi) is 5.07. The second kappa shape index (κ2) is 7.80. The van der Waals surface area contributed by atoms with Gasteiger partial charge in [0.2, 0.25) is 0 Å². The lowest BCUT2D eigenvalue weighted by Gasteiger charge is -2.36. The molecule has 0 saturated carbocycles. The number of nitrogens with zero attached hydrogens (tertiary/aromatic N) is 3. The number of carbonyl (C=O) groups is 1. The number of carbonyl (C=O) groups excluding carboxylic acids is 1. The molecule has 6 heteroatoms. The van der Waals surface area contributed by atoms with Crippen LogP contribution in [-0.2, 0) is 0 Å². The molecule has 0 radical (unpaired) electrons. The second-order valence-electron chi connectivity index (χ2n) is 6.65. The molecule has 2 heterocycles. The SMILES string of the molecule is Cc1cccc(N2CCN(C(=O)Nc3nc(-c4ccccc4)cs3)CC2)c1. The highest BCUT2D eigenvalue weighted by Crippen LogP contribution is 2.25. The van der Waals surface area contributed by atoms with Gasteiger partial charge in [0.25, 0.3) is 0 Å². The fourth-order valence-corrected chi connectivity index (χ4v) is 3.94. The quantitative estimate of drug-likeness (QED) is 0.731. The summed E-state index contributed by atoms with van der Waals surface area (Å²) >= 11 is 1.46. The van der Waals surface area contributed by atoms with Crippen LogP contribution < -0.4 is 10.2 Å². The minimum absolute atomic E-state index is 0.0761. The molecule has 2 aromatic carbocycles. The largest absolute Gasteiger partial charge is 0.368 e. The average Bonchev–Trinajstić information content (AvgIpc) is 3.17. The van der Waals surface area contributed by atoms with Crippen LogP contribution in [0.2, 0.25) is 0 Å². The molecule has 0 aliphatic carbocycles. The highest BCUT2D eigenvalue weighted by atomic mass is 32.1. The third-order valence-corrected chi connectivity index (χ3v) is 5.48. The van der Waals surface area contributed by atoms with Crippen LogP contribution in [0.3, 0.4) is 0 Å². The van der Waals surface area contributed by atoms with E-state index < -0.39 is 0 Å². The Morgan fingerprint density at radius 2 is 1.81 bits per heavy atom. The van der Waals surface area contributed by atoms with Crippen LogP contribution in [-0.4, -0.2) is 42.1 Å². The van der Waals surface area contributed by atoms with Gasteiger partial charge in [-0.25, -0.2) is 9.78 Å². The number of hydrogen-bond acceptors (Lipinski definition) is 4. The molecule has 4 rings (SSSR count). The van der Waals surface area contributed by atoms with Gasteiger partial charge in [0.05, 0.1) is 5.69 Å². The first-order chi connectivity index (χ1) is 13.2. The summed E-state index contributed by atoms with van der Waals surface area (Å²) in [6.07, 6.45) is 0. The molecule has 1 aliphatic heterocycles. The van der Waals surface area contributed by atoms with Crippen molar-refractivity contribution >= 4 is 28.2 Å². The van der Waals surface area contributed by atoms with Crippen molar-refractivity contribution in [3.63, 3.8) is 0 Å². The van der Waals surface area contributed by atoms with Crippen molar-refractivity contribution in [3.8, 4) is 11.3 Å². The van der Waals surface area contributed by atoms with Crippen LogP contribution in [0.25, 0.3) is 11.3 Å². The molecule has 0 spiro atoms. The molecule has 3 aromatic rings. The zero-order valence-electron chi connectivity index (χ0n) is 15.3. The minimum atomic E-state index is -0.0761. The molecule has 5 nitrogen and oxygen atoms in total. The molecule has 27 heavy (non-hydrogen) atoms. The van der Waals surface area contributed by atoms with Crippen molar-refractivity contribution in [3.05, 3.63) is 65.5 Å². The van der Waals surface area contributed by atoms with Crippen LogP contribution in [0.1, 0.15) is 5.56 Å². The normalized spacial score (nSPS) is 14.3. The van der Waals surface area contributed by atoms with Gasteiger partial charge in [-0.05, 0) is 24.6 Å². The number of urea groups is 1. The summed E-state index contributed by atoms with van der Waals surface area (Å²) in [4.78, 5) is 21.3. The Hall–Kier alpha value is -2.86. The molecule has 0 unspecified atom stereocenters. The molecule has 1 saturated heterocycles. The average molecular weight is 379 g/mol. The summed E-state index contributed by atoms with van der Waals surface area (Å²) in [6, 6.07) is 18.4.